The van der Waals surface area contributed by atoms with Crippen molar-refractivity contribution < 1.29 is 0 Å². The van der Waals surface area contributed by atoms with Gasteiger partial charge in [0.15, 0.2) is 0 Å². The predicted octanol–water partition coefficient (Wildman–Crippen LogP) is 2.68. The van der Waals surface area contributed by atoms with Gasteiger partial charge >= 0.3 is 0 Å². The van der Waals surface area contributed by atoms with Gasteiger partial charge < -0.3 is 5.32 Å². The van der Waals surface area contributed by atoms with Crippen molar-refractivity contribution in [2.24, 2.45) is 11.8 Å². The van der Waals surface area contributed by atoms with Crippen molar-refractivity contribution in [3.8, 4) is 0 Å². The van der Waals surface area contributed by atoms with Gasteiger partial charge in [-0.3, -0.25) is 0 Å². The van der Waals surface area contributed by atoms with E-state index < -0.39 is 0 Å². The van der Waals surface area contributed by atoms with E-state index in [4.69, 9.17) is 0 Å². The average Bonchev–Trinajstić information content (AvgIpc) is 2.31. The minimum Gasteiger partial charge on any atom is -0.316 e. The fourth-order valence-corrected chi connectivity index (χ4v) is 2.52. The number of hydrogen-bond acceptors (Lipinski definition) is 1. The molecule has 1 radical (unpaired) electrons. The van der Waals surface area contributed by atoms with E-state index in [9.17, 15) is 0 Å². The lowest BCUT2D eigenvalue weighted by molar-refractivity contribution is 0.285. The van der Waals surface area contributed by atoms with E-state index in [1.807, 2.05) is 0 Å². The Balaban J connectivity index is 1.97. The van der Waals surface area contributed by atoms with Crippen molar-refractivity contribution in [2.45, 2.75) is 19.8 Å². The Bertz CT molecular complexity index is 281. The first-order valence-corrected chi connectivity index (χ1v) is 5.94. The Kier molecular flexibility index (Phi) is 3.79. The van der Waals surface area contributed by atoms with Crippen LogP contribution in [0.1, 0.15) is 18.9 Å². The van der Waals surface area contributed by atoms with Crippen LogP contribution in [0, 0.1) is 18.3 Å². The van der Waals surface area contributed by atoms with Crippen molar-refractivity contribution in [3.63, 3.8) is 0 Å². The van der Waals surface area contributed by atoms with Crippen LogP contribution >= 0.6 is 0 Å². The van der Waals surface area contributed by atoms with Crippen LogP contribution in [-0.4, -0.2) is 13.1 Å². The molecule has 1 aromatic carbocycles. The zero-order valence-electron chi connectivity index (χ0n) is 9.45. The molecule has 1 heterocycles. The van der Waals surface area contributed by atoms with Gasteiger partial charge in [-0.15, -0.1) is 0 Å². The van der Waals surface area contributed by atoms with Gasteiger partial charge in [-0.25, -0.2) is 0 Å². The minimum atomic E-state index is 0.783. The largest absolute Gasteiger partial charge is 0.316 e. The van der Waals surface area contributed by atoms with Crippen molar-refractivity contribution in [2.75, 3.05) is 13.1 Å². The molecule has 1 fully saturated rings. The van der Waals surface area contributed by atoms with E-state index >= 15 is 0 Å². The summed E-state index contributed by atoms with van der Waals surface area (Å²) in [5.41, 5.74) is 1.47. The van der Waals surface area contributed by atoms with Crippen LogP contribution in [0.2, 0.25) is 0 Å². The summed E-state index contributed by atoms with van der Waals surface area (Å²) in [5, 5.41) is 3.50. The van der Waals surface area contributed by atoms with Gasteiger partial charge in [0, 0.05) is 0 Å². The van der Waals surface area contributed by atoms with E-state index in [1.165, 1.54) is 31.5 Å². The molecule has 1 saturated heterocycles. The highest BCUT2D eigenvalue weighted by atomic mass is 14.9. The van der Waals surface area contributed by atoms with Crippen LogP contribution < -0.4 is 5.32 Å². The highest BCUT2D eigenvalue weighted by Crippen LogP contribution is 2.25. The zero-order valence-corrected chi connectivity index (χ0v) is 9.45. The molecule has 0 bridgehead atoms. The molecule has 0 spiro atoms. The van der Waals surface area contributed by atoms with Crippen LogP contribution in [0.4, 0.5) is 0 Å². The maximum absolute atomic E-state index is 3.50. The molecule has 15 heavy (non-hydrogen) atoms. The SMILES string of the molecule is C[CH]C1CCNCC1Cc1ccccc1. The predicted molar refractivity (Wildman–Crippen MR) is 64.6 cm³/mol. The lowest BCUT2D eigenvalue weighted by Crippen LogP contribution is -2.37. The fraction of sp³-hybridized carbons (Fsp3) is 0.500. The second-order valence-corrected chi connectivity index (χ2v) is 4.44. The molecule has 1 heteroatoms. The van der Waals surface area contributed by atoms with Gasteiger partial charge in [-0.1, -0.05) is 37.3 Å². The Morgan fingerprint density at radius 1 is 1.33 bits per heavy atom. The van der Waals surface area contributed by atoms with E-state index in [0.717, 1.165) is 11.8 Å². The Labute approximate surface area is 92.9 Å². The number of piperidine rings is 1. The second kappa shape index (κ2) is 5.32. The van der Waals surface area contributed by atoms with Crippen LogP contribution in [-0.2, 0) is 6.42 Å². The summed E-state index contributed by atoms with van der Waals surface area (Å²) < 4.78 is 0. The molecule has 81 valence electrons. The molecule has 0 aliphatic carbocycles. The molecule has 2 unspecified atom stereocenters. The Morgan fingerprint density at radius 2 is 2.13 bits per heavy atom. The molecule has 0 saturated carbocycles. The third-order valence-electron chi connectivity index (χ3n) is 3.44. The van der Waals surface area contributed by atoms with Gasteiger partial charge in [0.25, 0.3) is 0 Å². The molecule has 0 amide bonds. The summed E-state index contributed by atoms with van der Waals surface area (Å²) in [6, 6.07) is 10.8. The van der Waals surface area contributed by atoms with Gasteiger partial charge in [-0.05, 0) is 49.8 Å². The molecular weight excluding hydrogens is 182 g/mol. The van der Waals surface area contributed by atoms with E-state index in [0.29, 0.717) is 0 Å². The summed E-state index contributed by atoms with van der Waals surface area (Å²) in [6.07, 6.45) is 4.89. The third kappa shape index (κ3) is 2.82. The van der Waals surface area contributed by atoms with E-state index in [-0.39, 0.29) is 0 Å². The third-order valence-corrected chi connectivity index (χ3v) is 3.44. The summed E-state index contributed by atoms with van der Waals surface area (Å²) in [6.45, 7) is 4.55. The number of benzene rings is 1. The second-order valence-electron chi connectivity index (χ2n) is 4.44. The van der Waals surface area contributed by atoms with Gasteiger partial charge in [0.05, 0.1) is 0 Å². The average molecular weight is 202 g/mol. The van der Waals surface area contributed by atoms with Crippen LogP contribution in [0.5, 0.6) is 0 Å². The van der Waals surface area contributed by atoms with Gasteiger partial charge in [0.2, 0.25) is 0 Å². The van der Waals surface area contributed by atoms with Crippen molar-refractivity contribution in [1.29, 1.82) is 0 Å². The normalized spacial score (nSPS) is 26.5. The van der Waals surface area contributed by atoms with Crippen molar-refractivity contribution >= 4 is 0 Å². The Hall–Kier alpha value is -0.820. The molecule has 1 aliphatic heterocycles. The lowest BCUT2D eigenvalue weighted by Gasteiger charge is -2.31. The van der Waals surface area contributed by atoms with Crippen LogP contribution in [0.3, 0.4) is 0 Å². The molecule has 0 aromatic heterocycles. The first kappa shape index (κ1) is 10.7. The molecule has 1 aromatic rings. The zero-order chi connectivity index (χ0) is 10.5. The summed E-state index contributed by atoms with van der Waals surface area (Å²) >= 11 is 0. The van der Waals surface area contributed by atoms with Crippen LogP contribution in [0.25, 0.3) is 0 Å². The standard InChI is InChI=1S/C14H20N/c1-2-13-8-9-15-11-14(13)10-12-6-4-3-5-7-12/h2-7,13-15H,8-11H2,1H3. The topological polar surface area (TPSA) is 12.0 Å². The maximum atomic E-state index is 3.50. The Morgan fingerprint density at radius 3 is 2.87 bits per heavy atom. The molecule has 1 nitrogen and oxygen atoms in total. The molecule has 2 rings (SSSR count). The molecule has 1 aliphatic rings. The van der Waals surface area contributed by atoms with E-state index in [2.05, 4.69) is 49.0 Å². The van der Waals surface area contributed by atoms with Crippen molar-refractivity contribution in [3.05, 3.63) is 42.3 Å². The summed E-state index contributed by atoms with van der Waals surface area (Å²) in [7, 11) is 0. The van der Waals surface area contributed by atoms with Crippen molar-refractivity contribution in [1.82, 2.24) is 5.32 Å². The van der Waals surface area contributed by atoms with Gasteiger partial charge in [0.1, 0.15) is 0 Å². The van der Waals surface area contributed by atoms with E-state index in [1.54, 1.807) is 0 Å². The highest BCUT2D eigenvalue weighted by molar-refractivity contribution is 5.16. The molecule has 1 N–H and O–H groups in total. The monoisotopic (exact) mass is 202 g/mol. The molecule has 2 atom stereocenters. The fourth-order valence-electron chi connectivity index (χ4n) is 2.52. The lowest BCUT2D eigenvalue weighted by atomic mass is 9.81. The number of hydrogen-bond donors (Lipinski definition) is 1. The maximum Gasteiger partial charge on any atom is -0.00146 e. The quantitative estimate of drug-likeness (QED) is 0.794. The minimum absolute atomic E-state index is 0.783. The van der Waals surface area contributed by atoms with Crippen LogP contribution in [0.15, 0.2) is 30.3 Å². The number of nitrogens with one attached hydrogen (secondary N) is 1. The summed E-state index contributed by atoms with van der Waals surface area (Å²) in [4.78, 5) is 0. The first-order valence-electron chi connectivity index (χ1n) is 5.94. The van der Waals surface area contributed by atoms with Gasteiger partial charge in [-0.2, -0.15) is 0 Å². The first-order chi connectivity index (χ1) is 7.40. The highest BCUT2D eigenvalue weighted by Gasteiger charge is 2.23. The smallest absolute Gasteiger partial charge is 0.00146 e. The molecular formula is C14H20N. The summed E-state index contributed by atoms with van der Waals surface area (Å²) in [5.74, 6) is 1.58. The number of rotatable bonds is 3.